The molecule has 3 N–H and O–H groups in total. The fourth-order valence-electron chi connectivity index (χ4n) is 3.40. The quantitative estimate of drug-likeness (QED) is 0.669. The molecular formula is C22H20F3N5O. The molecule has 9 heteroatoms. The second-order valence-electron chi connectivity index (χ2n) is 7.18. The van der Waals surface area contributed by atoms with Gasteiger partial charge in [0.05, 0.1) is 17.5 Å². The number of piperazine rings is 1. The molecule has 1 amide bonds. The normalized spacial score (nSPS) is 14.5. The van der Waals surface area contributed by atoms with Gasteiger partial charge in [0.1, 0.15) is 11.5 Å². The summed E-state index contributed by atoms with van der Waals surface area (Å²) in [4.78, 5) is 23.0. The zero-order valence-corrected chi connectivity index (χ0v) is 16.5. The second-order valence-corrected chi connectivity index (χ2v) is 7.18. The highest BCUT2D eigenvalue weighted by Crippen LogP contribution is 2.32. The summed E-state index contributed by atoms with van der Waals surface area (Å²) in [5, 5.41) is 3.21. The average Bonchev–Trinajstić information content (AvgIpc) is 2.79. The number of aromatic nitrogens is 2. The predicted molar refractivity (Wildman–Crippen MR) is 111 cm³/mol. The van der Waals surface area contributed by atoms with Crippen molar-refractivity contribution in [3.63, 3.8) is 0 Å². The van der Waals surface area contributed by atoms with Gasteiger partial charge in [0.2, 0.25) is 0 Å². The van der Waals surface area contributed by atoms with Crippen LogP contribution in [0.25, 0.3) is 22.5 Å². The average molecular weight is 427 g/mol. The Morgan fingerprint density at radius 2 is 1.58 bits per heavy atom. The van der Waals surface area contributed by atoms with E-state index in [9.17, 15) is 18.0 Å². The molecule has 0 saturated carbocycles. The first-order valence-corrected chi connectivity index (χ1v) is 9.73. The Kier molecular flexibility index (Phi) is 5.60. The summed E-state index contributed by atoms with van der Waals surface area (Å²) in [7, 11) is 0. The molecule has 1 aliphatic heterocycles. The van der Waals surface area contributed by atoms with Crippen LogP contribution in [-0.4, -0.2) is 47.0 Å². The summed E-state index contributed by atoms with van der Waals surface area (Å²) < 4.78 is 38.4. The molecule has 0 radical (unpaired) electrons. The molecule has 6 nitrogen and oxygen atoms in total. The van der Waals surface area contributed by atoms with Crippen LogP contribution in [0.2, 0.25) is 0 Å². The number of hydrogen-bond donors (Lipinski definition) is 2. The molecular weight excluding hydrogens is 407 g/mol. The second kappa shape index (κ2) is 8.35. The molecule has 31 heavy (non-hydrogen) atoms. The monoisotopic (exact) mass is 427 g/mol. The zero-order valence-electron chi connectivity index (χ0n) is 16.5. The fourth-order valence-corrected chi connectivity index (χ4v) is 3.40. The third-order valence-electron chi connectivity index (χ3n) is 5.12. The lowest BCUT2D eigenvalue weighted by molar-refractivity contribution is -0.137. The lowest BCUT2D eigenvalue weighted by Gasteiger charge is -2.27. The third kappa shape index (κ3) is 4.51. The first kappa shape index (κ1) is 20.8. The maximum absolute atomic E-state index is 12.8. The first-order chi connectivity index (χ1) is 14.8. The van der Waals surface area contributed by atoms with Gasteiger partial charge >= 0.3 is 6.18 Å². The number of nitrogen functional groups attached to an aromatic ring is 1. The lowest BCUT2D eigenvalue weighted by Crippen LogP contribution is -2.46. The Balaban J connectivity index is 1.58. The van der Waals surface area contributed by atoms with Crippen molar-refractivity contribution in [1.29, 1.82) is 0 Å². The molecule has 3 aromatic rings. The molecule has 1 aromatic heterocycles. The minimum Gasteiger partial charge on any atom is -0.382 e. The summed E-state index contributed by atoms with van der Waals surface area (Å²) in [6.45, 7) is 2.89. The molecule has 0 unspecified atom stereocenters. The Morgan fingerprint density at radius 3 is 2.19 bits per heavy atom. The van der Waals surface area contributed by atoms with Gasteiger partial charge in [0.25, 0.3) is 5.91 Å². The van der Waals surface area contributed by atoms with Gasteiger partial charge in [-0.3, -0.25) is 4.79 Å². The number of nitrogens with one attached hydrogen (secondary N) is 1. The van der Waals surface area contributed by atoms with E-state index in [1.807, 2.05) is 0 Å². The van der Waals surface area contributed by atoms with Crippen LogP contribution in [0.1, 0.15) is 15.9 Å². The molecule has 1 saturated heterocycles. The molecule has 0 bridgehead atoms. The van der Waals surface area contributed by atoms with Crippen LogP contribution in [0.5, 0.6) is 0 Å². The van der Waals surface area contributed by atoms with Crippen molar-refractivity contribution in [2.45, 2.75) is 6.18 Å². The topological polar surface area (TPSA) is 84.1 Å². The van der Waals surface area contributed by atoms with Crippen molar-refractivity contribution in [3.8, 4) is 22.5 Å². The number of amides is 1. The van der Waals surface area contributed by atoms with Gasteiger partial charge in [-0.05, 0) is 24.3 Å². The van der Waals surface area contributed by atoms with E-state index in [1.165, 1.54) is 18.3 Å². The molecule has 4 rings (SSSR count). The highest BCUT2D eigenvalue weighted by molar-refractivity contribution is 5.94. The third-order valence-corrected chi connectivity index (χ3v) is 5.12. The van der Waals surface area contributed by atoms with E-state index in [0.29, 0.717) is 35.6 Å². The van der Waals surface area contributed by atoms with Gasteiger partial charge in [-0.2, -0.15) is 13.2 Å². The number of nitrogens with two attached hydrogens (primary N) is 1. The smallest absolute Gasteiger partial charge is 0.382 e. The number of alkyl halides is 3. The first-order valence-electron chi connectivity index (χ1n) is 9.73. The Morgan fingerprint density at radius 1 is 0.968 bits per heavy atom. The number of carbonyl (C=O) groups excluding carboxylic acids is 1. The SMILES string of the molecule is Nc1ncc(-c2ccc(C(=O)N3CCNCC3)cc2)nc1-c1ccc(C(F)(F)F)cc1. The van der Waals surface area contributed by atoms with Gasteiger partial charge in [-0.15, -0.1) is 0 Å². The van der Waals surface area contributed by atoms with E-state index in [0.717, 1.165) is 30.8 Å². The summed E-state index contributed by atoms with van der Waals surface area (Å²) >= 11 is 0. The van der Waals surface area contributed by atoms with Crippen molar-refractivity contribution in [2.24, 2.45) is 0 Å². The predicted octanol–water partition coefficient (Wildman–Crippen LogP) is 3.46. The summed E-state index contributed by atoms with van der Waals surface area (Å²) in [6.07, 6.45) is -2.92. The molecule has 0 spiro atoms. The largest absolute Gasteiger partial charge is 0.416 e. The Bertz CT molecular complexity index is 1080. The van der Waals surface area contributed by atoms with E-state index >= 15 is 0 Å². The van der Waals surface area contributed by atoms with Gasteiger partial charge in [-0.1, -0.05) is 24.3 Å². The van der Waals surface area contributed by atoms with E-state index in [1.54, 1.807) is 29.2 Å². The minimum absolute atomic E-state index is 0.0260. The van der Waals surface area contributed by atoms with Crippen LogP contribution in [0, 0.1) is 0 Å². The minimum atomic E-state index is -4.42. The van der Waals surface area contributed by atoms with E-state index in [-0.39, 0.29) is 11.7 Å². The molecule has 160 valence electrons. The highest BCUT2D eigenvalue weighted by atomic mass is 19.4. The fraction of sp³-hybridized carbons (Fsp3) is 0.227. The number of rotatable bonds is 3. The molecule has 1 fully saturated rings. The molecule has 1 aliphatic rings. The summed E-state index contributed by atoms with van der Waals surface area (Å²) in [5.74, 6) is 0.0934. The lowest BCUT2D eigenvalue weighted by atomic mass is 10.1. The summed E-state index contributed by atoms with van der Waals surface area (Å²) in [6, 6.07) is 11.6. The van der Waals surface area contributed by atoms with Gasteiger partial charge in [0.15, 0.2) is 0 Å². The van der Waals surface area contributed by atoms with Crippen molar-refractivity contribution in [1.82, 2.24) is 20.2 Å². The van der Waals surface area contributed by atoms with Crippen LogP contribution < -0.4 is 11.1 Å². The highest BCUT2D eigenvalue weighted by Gasteiger charge is 2.30. The van der Waals surface area contributed by atoms with Crippen molar-refractivity contribution >= 4 is 11.7 Å². The van der Waals surface area contributed by atoms with Gasteiger partial charge in [-0.25, -0.2) is 9.97 Å². The van der Waals surface area contributed by atoms with E-state index in [2.05, 4.69) is 15.3 Å². The number of anilines is 1. The maximum Gasteiger partial charge on any atom is 0.416 e. The Hall–Kier alpha value is -3.46. The van der Waals surface area contributed by atoms with E-state index < -0.39 is 11.7 Å². The number of hydrogen-bond acceptors (Lipinski definition) is 5. The summed E-state index contributed by atoms with van der Waals surface area (Å²) in [5.41, 5.74) is 7.71. The van der Waals surface area contributed by atoms with Crippen molar-refractivity contribution in [2.75, 3.05) is 31.9 Å². The van der Waals surface area contributed by atoms with Crippen molar-refractivity contribution in [3.05, 3.63) is 65.9 Å². The van der Waals surface area contributed by atoms with Crippen LogP contribution in [0.15, 0.2) is 54.7 Å². The Labute approximate surface area is 176 Å². The van der Waals surface area contributed by atoms with Crippen LogP contribution >= 0.6 is 0 Å². The molecule has 0 atom stereocenters. The van der Waals surface area contributed by atoms with Crippen LogP contribution in [0.3, 0.4) is 0 Å². The number of benzene rings is 2. The number of carbonyl (C=O) groups is 1. The number of nitrogens with zero attached hydrogens (tertiary/aromatic N) is 3. The van der Waals surface area contributed by atoms with Gasteiger partial charge < -0.3 is 16.0 Å². The molecule has 0 aliphatic carbocycles. The van der Waals surface area contributed by atoms with Crippen molar-refractivity contribution < 1.29 is 18.0 Å². The number of halogens is 3. The van der Waals surface area contributed by atoms with Crippen LogP contribution in [0.4, 0.5) is 19.0 Å². The standard InChI is InChI=1S/C22H20F3N5O/c23-22(24,25)17-7-5-15(6-8-17)19-20(26)28-13-18(29-19)14-1-3-16(4-2-14)21(31)30-11-9-27-10-12-30/h1-8,13,27H,9-12H2,(H2,26,28). The molecule has 2 aromatic carbocycles. The molecule has 2 heterocycles. The van der Waals surface area contributed by atoms with E-state index in [4.69, 9.17) is 5.73 Å². The maximum atomic E-state index is 12.8. The zero-order chi connectivity index (χ0) is 22.0. The van der Waals surface area contributed by atoms with Crippen LogP contribution in [-0.2, 0) is 6.18 Å². The van der Waals surface area contributed by atoms with Gasteiger partial charge in [0, 0.05) is 42.9 Å².